The van der Waals surface area contributed by atoms with Gasteiger partial charge in [0, 0.05) is 30.6 Å². The number of para-hydroxylation sites is 1. The quantitative estimate of drug-likeness (QED) is 0.467. The van der Waals surface area contributed by atoms with Crippen LogP contribution < -0.4 is 14.8 Å². The van der Waals surface area contributed by atoms with Crippen LogP contribution in [-0.2, 0) is 16.0 Å². The summed E-state index contributed by atoms with van der Waals surface area (Å²) in [4.78, 5) is 28.1. The number of amides is 2. The van der Waals surface area contributed by atoms with Crippen LogP contribution in [0.15, 0.2) is 60.2 Å². The highest BCUT2D eigenvalue weighted by atomic mass is 16.5. The molecule has 1 heterocycles. The molecular weight excluding hydrogens is 460 g/mol. The third kappa shape index (κ3) is 5.24. The van der Waals surface area contributed by atoms with E-state index >= 15 is 0 Å². The van der Waals surface area contributed by atoms with Gasteiger partial charge in [-0.15, -0.1) is 0 Å². The van der Waals surface area contributed by atoms with Gasteiger partial charge in [0.15, 0.2) is 0 Å². The van der Waals surface area contributed by atoms with E-state index in [0.29, 0.717) is 37.1 Å². The number of nitrogens with zero attached hydrogens (tertiary/aromatic N) is 1. The Labute approximate surface area is 211 Å². The molecule has 0 saturated heterocycles. The van der Waals surface area contributed by atoms with Crippen LogP contribution in [0.3, 0.4) is 0 Å². The Hall–Kier alpha value is -3.36. The third-order valence-electron chi connectivity index (χ3n) is 6.80. The molecule has 1 aliphatic carbocycles. The van der Waals surface area contributed by atoms with E-state index in [4.69, 9.17) is 9.47 Å². The van der Waals surface area contributed by atoms with Crippen LogP contribution in [0.1, 0.15) is 36.8 Å². The first-order valence-electron chi connectivity index (χ1n) is 12.4. The number of hydrogen-bond acceptors (Lipinski definition) is 6. The molecule has 4 atom stereocenters. The van der Waals surface area contributed by atoms with Crippen molar-refractivity contribution < 1.29 is 29.3 Å². The van der Waals surface area contributed by atoms with Gasteiger partial charge in [-0.2, -0.15) is 0 Å². The van der Waals surface area contributed by atoms with Gasteiger partial charge in [-0.3, -0.25) is 9.59 Å². The number of aliphatic hydroxyl groups excluding tert-OH is 2. The molecule has 2 aromatic rings. The summed E-state index contributed by atoms with van der Waals surface area (Å²) in [6.45, 7) is 2.22. The van der Waals surface area contributed by atoms with Gasteiger partial charge in [0.1, 0.15) is 23.7 Å². The molecule has 0 spiro atoms. The summed E-state index contributed by atoms with van der Waals surface area (Å²) in [6, 6.07) is 14.4. The minimum absolute atomic E-state index is 0.0928. The SMILES string of the molecule is CCCC(=O)N(CCc1cccc(OC)c1)[C@@H]1C=C(C(=O)NCCO)[C@@H]2c3ccccc3O[C@@H]2[C@H]1O. The Kier molecular flexibility index (Phi) is 8.28. The first-order chi connectivity index (χ1) is 17.5. The van der Waals surface area contributed by atoms with Crippen LogP contribution in [0.4, 0.5) is 0 Å². The number of carbonyl (C=O) groups is 2. The Bertz CT molecular complexity index is 1120. The molecule has 0 saturated carbocycles. The van der Waals surface area contributed by atoms with Gasteiger partial charge in [0.05, 0.1) is 25.7 Å². The highest BCUT2D eigenvalue weighted by Crippen LogP contribution is 2.47. The highest BCUT2D eigenvalue weighted by molar-refractivity contribution is 5.96. The zero-order valence-corrected chi connectivity index (χ0v) is 20.7. The topological polar surface area (TPSA) is 108 Å². The number of benzene rings is 2. The van der Waals surface area contributed by atoms with Crippen LogP contribution >= 0.6 is 0 Å². The van der Waals surface area contributed by atoms with Gasteiger partial charge >= 0.3 is 0 Å². The van der Waals surface area contributed by atoms with Crippen LogP contribution in [0, 0.1) is 0 Å². The van der Waals surface area contributed by atoms with E-state index in [1.807, 2.05) is 55.5 Å². The maximum Gasteiger partial charge on any atom is 0.247 e. The number of aliphatic hydroxyl groups is 2. The maximum atomic E-state index is 13.3. The van der Waals surface area contributed by atoms with Crippen molar-refractivity contribution in [2.45, 2.75) is 50.4 Å². The van der Waals surface area contributed by atoms with Crippen molar-refractivity contribution in [1.29, 1.82) is 0 Å². The predicted molar refractivity (Wildman–Crippen MR) is 135 cm³/mol. The number of carbonyl (C=O) groups excluding carboxylic acids is 2. The summed E-state index contributed by atoms with van der Waals surface area (Å²) < 4.78 is 11.5. The fourth-order valence-corrected chi connectivity index (χ4v) is 5.07. The minimum atomic E-state index is -1.03. The standard InChI is InChI=1S/C28H34N2O6/c1-3-7-24(32)30(14-12-18-8-6-9-19(16-18)35-2)22-17-21(28(34)29-13-15-31)25-20-10-4-5-11-23(20)36-27(25)26(22)33/h4-6,8-11,16-17,22,25-27,31,33H,3,7,12-15H2,1-2H3,(H,29,34)/t22-,25+,26+,27+/m1/s1. The minimum Gasteiger partial charge on any atom is -0.497 e. The summed E-state index contributed by atoms with van der Waals surface area (Å²) in [5.41, 5.74) is 2.26. The molecule has 8 nitrogen and oxygen atoms in total. The lowest BCUT2D eigenvalue weighted by molar-refractivity contribution is -0.137. The molecule has 3 N–H and O–H groups in total. The van der Waals surface area contributed by atoms with E-state index < -0.39 is 24.2 Å². The average molecular weight is 495 g/mol. The Morgan fingerprint density at radius 1 is 1.17 bits per heavy atom. The van der Waals surface area contributed by atoms with Crippen molar-refractivity contribution in [1.82, 2.24) is 10.2 Å². The highest BCUT2D eigenvalue weighted by Gasteiger charge is 2.50. The number of ether oxygens (including phenoxy) is 2. The Morgan fingerprint density at radius 2 is 1.97 bits per heavy atom. The smallest absolute Gasteiger partial charge is 0.247 e. The molecule has 0 fully saturated rings. The zero-order chi connectivity index (χ0) is 25.7. The van der Waals surface area contributed by atoms with Crippen LogP contribution in [-0.4, -0.2) is 72.0 Å². The van der Waals surface area contributed by atoms with Crippen molar-refractivity contribution in [3.8, 4) is 11.5 Å². The maximum absolute atomic E-state index is 13.3. The second-order valence-corrected chi connectivity index (χ2v) is 9.12. The number of nitrogens with one attached hydrogen (secondary N) is 1. The van der Waals surface area contributed by atoms with E-state index in [1.165, 1.54) is 0 Å². The molecular formula is C28H34N2O6. The molecule has 2 amide bonds. The molecule has 0 radical (unpaired) electrons. The molecule has 8 heteroatoms. The zero-order valence-electron chi connectivity index (χ0n) is 20.7. The lowest BCUT2D eigenvalue weighted by Crippen LogP contribution is -2.56. The van der Waals surface area contributed by atoms with Gasteiger partial charge in [-0.05, 0) is 42.7 Å². The van der Waals surface area contributed by atoms with Crippen molar-refractivity contribution >= 4 is 11.8 Å². The normalized spacial score (nSPS) is 22.1. The number of rotatable bonds is 10. The van der Waals surface area contributed by atoms with Gasteiger partial charge < -0.3 is 29.9 Å². The monoisotopic (exact) mass is 494 g/mol. The molecule has 2 aromatic carbocycles. The summed E-state index contributed by atoms with van der Waals surface area (Å²) >= 11 is 0. The molecule has 4 rings (SSSR count). The van der Waals surface area contributed by atoms with Gasteiger partial charge in [-0.1, -0.05) is 37.3 Å². The first-order valence-corrected chi connectivity index (χ1v) is 12.4. The summed E-state index contributed by atoms with van der Waals surface area (Å²) in [5, 5.41) is 23.5. The van der Waals surface area contributed by atoms with E-state index in [9.17, 15) is 19.8 Å². The van der Waals surface area contributed by atoms with Crippen molar-refractivity contribution in [2.24, 2.45) is 0 Å². The molecule has 0 bridgehead atoms. The molecule has 2 aliphatic rings. The van der Waals surface area contributed by atoms with Crippen molar-refractivity contribution in [3.05, 3.63) is 71.3 Å². The van der Waals surface area contributed by atoms with Crippen molar-refractivity contribution in [3.63, 3.8) is 0 Å². The Balaban J connectivity index is 1.68. The van der Waals surface area contributed by atoms with E-state index in [1.54, 1.807) is 18.1 Å². The van der Waals surface area contributed by atoms with Gasteiger partial charge in [0.25, 0.3) is 0 Å². The van der Waals surface area contributed by atoms with E-state index in [2.05, 4.69) is 5.32 Å². The van der Waals surface area contributed by atoms with Crippen LogP contribution in [0.5, 0.6) is 11.5 Å². The predicted octanol–water partition coefficient (Wildman–Crippen LogP) is 2.19. The molecule has 36 heavy (non-hydrogen) atoms. The third-order valence-corrected chi connectivity index (χ3v) is 6.80. The first kappa shape index (κ1) is 25.7. The Morgan fingerprint density at radius 3 is 2.72 bits per heavy atom. The summed E-state index contributed by atoms with van der Waals surface area (Å²) in [7, 11) is 1.61. The number of hydrogen-bond donors (Lipinski definition) is 3. The van der Waals surface area contributed by atoms with Crippen LogP contribution in [0.25, 0.3) is 0 Å². The summed E-state index contributed by atoms with van der Waals surface area (Å²) in [6.07, 6.45) is 1.53. The van der Waals surface area contributed by atoms with Crippen molar-refractivity contribution in [2.75, 3.05) is 26.8 Å². The second-order valence-electron chi connectivity index (χ2n) is 9.12. The molecule has 192 valence electrons. The fourth-order valence-electron chi connectivity index (χ4n) is 5.07. The summed E-state index contributed by atoms with van der Waals surface area (Å²) in [5.74, 6) is 0.458. The molecule has 1 aliphatic heterocycles. The lowest BCUT2D eigenvalue weighted by Gasteiger charge is -2.41. The van der Waals surface area contributed by atoms with E-state index in [-0.39, 0.29) is 25.0 Å². The van der Waals surface area contributed by atoms with Crippen LogP contribution in [0.2, 0.25) is 0 Å². The fraction of sp³-hybridized carbons (Fsp3) is 0.429. The number of methoxy groups -OCH3 is 1. The molecule has 0 aromatic heterocycles. The molecule has 0 unspecified atom stereocenters. The van der Waals surface area contributed by atoms with Gasteiger partial charge in [-0.25, -0.2) is 0 Å². The second kappa shape index (κ2) is 11.6. The van der Waals surface area contributed by atoms with Gasteiger partial charge in [0.2, 0.25) is 11.8 Å². The lowest BCUT2D eigenvalue weighted by atomic mass is 9.77. The average Bonchev–Trinajstić information content (AvgIpc) is 3.29. The van der Waals surface area contributed by atoms with E-state index in [0.717, 1.165) is 16.9 Å². The largest absolute Gasteiger partial charge is 0.497 e. The number of fused-ring (bicyclic) bond motifs is 3.